The summed E-state index contributed by atoms with van der Waals surface area (Å²) in [5.74, 6) is 2.63. The Bertz CT molecular complexity index is 396. The van der Waals surface area contributed by atoms with Crippen molar-refractivity contribution in [3.05, 3.63) is 23.8 Å². The third-order valence-corrected chi connectivity index (χ3v) is 6.87. The Morgan fingerprint density at radius 1 is 1.16 bits per heavy atom. The van der Waals surface area contributed by atoms with Gasteiger partial charge in [0.2, 0.25) is 0 Å². The topological polar surface area (TPSA) is 27.7 Å². The van der Waals surface area contributed by atoms with E-state index in [1.807, 2.05) is 25.1 Å². The van der Waals surface area contributed by atoms with E-state index in [0.717, 1.165) is 22.8 Å². The summed E-state index contributed by atoms with van der Waals surface area (Å²) >= 11 is 7.46. The summed E-state index contributed by atoms with van der Waals surface area (Å²) in [6.07, 6.45) is 0. The van der Waals surface area contributed by atoms with Gasteiger partial charge < -0.3 is 14.2 Å². The van der Waals surface area contributed by atoms with Gasteiger partial charge in [0.1, 0.15) is 0 Å². The number of benzene rings is 1. The quantitative estimate of drug-likeness (QED) is 0.361. The molecule has 0 saturated heterocycles. The first-order valence-corrected chi connectivity index (χ1v) is 15.2. The van der Waals surface area contributed by atoms with Crippen molar-refractivity contribution in [2.75, 3.05) is 26.1 Å². The Morgan fingerprint density at radius 3 is 2.47 bits per heavy atom. The molecule has 0 aromatic heterocycles. The summed E-state index contributed by atoms with van der Waals surface area (Å²) in [7, 11) is 1.66. The fourth-order valence-electron chi connectivity index (χ4n) is 1.39. The van der Waals surface area contributed by atoms with Crippen molar-refractivity contribution in [3.63, 3.8) is 0 Å². The van der Waals surface area contributed by atoms with E-state index in [-0.39, 0.29) is 0 Å². The van der Waals surface area contributed by atoms with Crippen molar-refractivity contribution in [2.45, 2.75) is 13.5 Å². The number of ether oxygens (including phenoxy) is 3. The minimum Gasteiger partial charge on any atom is -0.493 e. The number of rotatable bonds is 8. The lowest BCUT2D eigenvalue weighted by Gasteiger charge is -2.18. The van der Waals surface area contributed by atoms with Crippen LogP contribution in [-0.4, -0.2) is 26.1 Å². The molecule has 0 amide bonds. The highest BCUT2D eigenvalue weighted by Gasteiger charge is 2.12. The molecule has 0 fully saturated rings. The first-order chi connectivity index (χ1) is 8.96. The molecule has 3 nitrogen and oxygen atoms in total. The molecule has 0 aliphatic carbocycles. The molecule has 1 aromatic rings. The normalized spacial score (nSPS) is 12.3. The number of methoxy groups -OCH3 is 1. The van der Waals surface area contributed by atoms with Crippen LogP contribution < -0.4 is 9.47 Å². The Hall–Kier alpha value is 1.32. The van der Waals surface area contributed by atoms with Crippen LogP contribution in [0.15, 0.2) is 18.2 Å². The molecule has 0 spiro atoms. The van der Waals surface area contributed by atoms with Gasteiger partial charge in [-0.3, -0.25) is 0 Å². The minimum atomic E-state index is -0.610. The van der Waals surface area contributed by atoms with Gasteiger partial charge in [-0.1, -0.05) is 7.61 Å². The standard InChI is InChI=1S/C12H17I3O3S/c1-3-17-9-10-4-5-11(12(8-10)16-2)18-6-7-19(13,14)15/h4-5,8H,3,6-7,9H2,1-2H3. The second kappa shape index (κ2) is 9.36. The van der Waals surface area contributed by atoms with Crippen LogP contribution in [0, 0.1) is 0 Å². The highest BCUT2D eigenvalue weighted by molar-refractivity contribution is 14.5. The molecule has 1 rings (SSSR count). The number of hydrogen-bond acceptors (Lipinski definition) is 3. The molecule has 0 aliphatic rings. The number of hydrogen-bond donors (Lipinski definition) is 0. The predicted octanol–water partition coefficient (Wildman–Crippen LogP) is 5.47. The molecule has 0 unspecified atom stereocenters. The van der Waals surface area contributed by atoms with Gasteiger partial charge in [0, 0.05) is 12.4 Å². The monoisotopic (exact) mass is 622 g/mol. The van der Waals surface area contributed by atoms with Crippen LogP contribution in [0.4, 0.5) is 0 Å². The van der Waals surface area contributed by atoms with E-state index in [9.17, 15) is 0 Å². The van der Waals surface area contributed by atoms with E-state index in [1.54, 1.807) is 7.11 Å². The Morgan fingerprint density at radius 2 is 1.89 bits per heavy atom. The molecule has 0 radical (unpaired) electrons. The van der Waals surface area contributed by atoms with Gasteiger partial charge in [0.05, 0.1) is 20.3 Å². The average Bonchev–Trinajstić information content (AvgIpc) is 2.35. The van der Waals surface area contributed by atoms with E-state index < -0.39 is 1.54 Å². The van der Waals surface area contributed by atoms with Gasteiger partial charge >= 0.3 is 0 Å². The SMILES string of the molecule is CCOCc1ccc(OCCS(I)(I)I)c(OC)c1. The fraction of sp³-hybridized carbons (Fsp3) is 0.500. The van der Waals surface area contributed by atoms with Crippen molar-refractivity contribution in [1.29, 1.82) is 0 Å². The minimum absolute atomic E-state index is 0.607. The van der Waals surface area contributed by atoms with Crippen molar-refractivity contribution >= 4 is 65.2 Å². The van der Waals surface area contributed by atoms with Crippen molar-refractivity contribution in [3.8, 4) is 11.5 Å². The first kappa shape index (κ1) is 18.4. The highest BCUT2D eigenvalue weighted by Crippen LogP contribution is 2.70. The molecule has 0 atom stereocenters. The summed E-state index contributed by atoms with van der Waals surface area (Å²) in [6, 6.07) is 5.95. The van der Waals surface area contributed by atoms with Crippen LogP contribution in [0.2, 0.25) is 0 Å². The van der Waals surface area contributed by atoms with Gasteiger partial charge in [-0.2, -0.15) is 0 Å². The molecule has 1 aromatic carbocycles. The zero-order valence-corrected chi connectivity index (χ0v) is 18.1. The first-order valence-electron chi connectivity index (χ1n) is 5.73. The van der Waals surface area contributed by atoms with Crippen molar-refractivity contribution in [2.24, 2.45) is 0 Å². The smallest absolute Gasteiger partial charge is 0.161 e. The van der Waals surface area contributed by atoms with Crippen LogP contribution in [-0.2, 0) is 11.3 Å². The second-order valence-electron chi connectivity index (χ2n) is 3.68. The zero-order valence-electron chi connectivity index (χ0n) is 10.8. The number of halogens is 3. The molecule has 0 aliphatic heterocycles. The lowest BCUT2D eigenvalue weighted by atomic mass is 10.2. The lowest BCUT2D eigenvalue weighted by molar-refractivity contribution is 0.134. The van der Waals surface area contributed by atoms with E-state index >= 15 is 0 Å². The summed E-state index contributed by atoms with van der Waals surface area (Å²) in [5.41, 5.74) is 1.10. The van der Waals surface area contributed by atoms with Crippen LogP contribution in [0.5, 0.6) is 11.5 Å². The van der Waals surface area contributed by atoms with E-state index in [2.05, 4.69) is 63.6 Å². The third kappa shape index (κ3) is 7.77. The maximum absolute atomic E-state index is 5.80. The van der Waals surface area contributed by atoms with Crippen LogP contribution in [0.3, 0.4) is 0 Å². The van der Waals surface area contributed by atoms with E-state index in [0.29, 0.717) is 19.8 Å². The van der Waals surface area contributed by atoms with Crippen molar-refractivity contribution in [1.82, 2.24) is 0 Å². The molecule has 0 saturated carbocycles. The molecule has 110 valence electrons. The average molecular weight is 622 g/mol. The van der Waals surface area contributed by atoms with Crippen LogP contribution in [0.25, 0.3) is 0 Å². The molecule has 19 heavy (non-hydrogen) atoms. The predicted molar refractivity (Wildman–Crippen MR) is 108 cm³/mol. The van der Waals surface area contributed by atoms with Gasteiger partial charge in [-0.25, -0.2) is 0 Å². The molecule has 0 heterocycles. The molecular formula is C12H17I3O3S. The van der Waals surface area contributed by atoms with Gasteiger partial charge in [-0.05, 0) is 88.2 Å². The third-order valence-electron chi connectivity index (χ3n) is 2.27. The van der Waals surface area contributed by atoms with Crippen LogP contribution in [0.1, 0.15) is 12.5 Å². The summed E-state index contributed by atoms with van der Waals surface area (Å²) in [6.45, 7) is 4.02. The maximum Gasteiger partial charge on any atom is 0.161 e. The largest absolute Gasteiger partial charge is 0.493 e. The summed E-state index contributed by atoms with van der Waals surface area (Å²) in [4.78, 5) is 0. The van der Waals surface area contributed by atoms with Gasteiger partial charge in [0.15, 0.2) is 11.5 Å². The zero-order chi connectivity index (χ0) is 14.3. The Kier molecular flexibility index (Phi) is 9.05. The maximum atomic E-state index is 5.80. The Labute approximate surface area is 152 Å². The Balaban J connectivity index is 2.62. The van der Waals surface area contributed by atoms with Crippen molar-refractivity contribution < 1.29 is 14.2 Å². The van der Waals surface area contributed by atoms with E-state index in [1.165, 1.54) is 0 Å². The highest BCUT2D eigenvalue weighted by atomic mass is 127. The van der Waals surface area contributed by atoms with Crippen LogP contribution >= 0.6 is 65.2 Å². The van der Waals surface area contributed by atoms with E-state index in [4.69, 9.17) is 14.2 Å². The molecule has 0 N–H and O–H groups in total. The second-order valence-corrected chi connectivity index (χ2v) is 33.8. The lowest BCUT2D eigenvalue weighted by Crippen LogP contribution is -2.04. The fourth-order valence-corrected chi connectivity index (χ4v) is 3.28. The van der Waals surface area contributed by atoms with Gasteiger partial charge in [-0.15, -0.1) is 0 Å². The molecular weight excluding hydrogens is 605 g/mol. The molecule has 0 bridgehead atoms. The van der Waals surface area contributed by atoms with Gasteiger partial charge in [0.25, 0.3) is 0 Å². The summed E-state index contributed by atoms with van der Waals surface area (Å²) < 4.78 is 16.0. The molecule has 7 heteroatoms. The summed E-state index contributed by atoms with van der Waals surface area (Å²) in [5, 5.41) is 0.